The number of nitrogens with zero attached hydrogens (tertiary/aromatic N) is 1. The number of ketones is 1. The molecule has 86 valence electrons. The Balaban J connectivity index is 2.84. The van der Waals surface area contributed by atoms with Crippen molar-refractivity contribution in [3.63, 3.8) is 0 Å². The summed E-state index contributed by atoms with van der Waals surface area (Å²) < 4.78 is 5.33. The molecule has 0 aromatic rings. The number of carbonyl (C=O) groups is 2. The first-order valence-electron chi connectivity index (χ1n) is 5.14. The lowest BCUT2D eigenvalue weighted by Gasteiger charge is -2.34. The van der Waals surface area contributed by atoms with Crippen molar-refractivity contribution < 1.29 is 14.3 Å². The van der Waals surface area contributed by atoms with Gasteiger partial charge in [-0.15, -0.1) is 0 Å². The van der Waals surface area contributed by atoms with Gasteiger partial charge < -0.3 is 9.64 Å². The van der Waals surface area contributed by atoms with Gasteiger partial charge in [-0.1, -0.05) is 6.92 Å². The largest absolute Gasteiger partial charge is 0.435 e. The van der Waals surface area contributed by atoms with Crippen molar-refractivity contribution >= 4 is 11.9 Å². The van der Waals surface area contributed by atoms with Crippen molar-refractivity contribution in [2.75, 3.05) is 14.1 Å². The molecule has 1 amide bonds. The second-order valence-corrected chi connectivity index (χ2v) is 4.91. The zero-order chi connectivity index (χ0) is 11.9. The predicted octanol–water partition coefficient (Wildman–Crippen LogP) is 1.83. The van der Waals surface area contributed by atoms with Crippen LogP contribution in [-0.2, 0) is 9.53 Å². The Labute approximate surface area is 90.6 Å². The Morgan fingerprint density at radius 1 is 1.33 bits per heavy atom. The highest BCUT2D eigenvalue weighted by atomic mass is 16.6. The average molecular weight is 213 g/mol. The van der Waals surface area contributed by atoms with E-state index in [9.17, 15) is 9.59 Å². The Hall–Kier alpha value is -1.06. The van der Waals surface area contributed by atoms with Gasteiger partial charge in [-0.3, -0.25) is 4.79 Å². The molecule has 0 bridgehead atoms. The van der Waals surface area contributed by atoms with E-state index in [1.54, 1.807) is 21.0 Å². The topological polar surface area (TPSA) is 46.6 Å². The molecule has 15 heavy (non-hydrogen) atoms. The molecule has 0 radical (unpaired) electrons. The third kappa shape index (κ3) is 1.98. The molecule has 1 saturated carbocycles. The molecule has 0 heterocycles. The summed E-state index contributed by atoms with van der Waals surface area (Å²) in [4.78, 5) is 24.4. The first-order chi connectivity index (χ1) is 6.73. The summed E-state index contributed by atoms with van der Waals surface area (Å²) in [6.07, 6.45) is 1.41. The highest BCUT2D eigenvalue weighted by Gasteiger charge is 2.58. The average Bonchev–Trinajstić information content (AvgIpc) is 2.84. The molecule has 0 saturated heterocycles. The number of hydrogen-bond acceptors (Lipinski definition) is 3. The van der Waals surface area contributed by atoms with Gasteiger partial charge in [0.2, 0.25) is 0 Å². The van der Waals surface area contributed by atoms with Crippen molar-refractivity contribution in [3.8, 4) is 0 Å². The van der Waals surface area contributed by atoms with Gasteiger partial charge in [0, 0.05) is 19.5 Å². The minimum atomic E-state index is -0.978. The molecular formula is C11H19NO3. The number of hydrogen-bond donors (Lipinski definition) is 0. The molecule has 1 aliphatic rings. The smallest absolute Gasteiger partial charge is 0.410 e. The van der Waals surface area contributed by atoms with E-state index in [0.29, 0.717) is 0 Å². The summed E-state index contributed by atoms with van der Waals surface area (Å²) in [5.74, 6) is -0.0855. The van der Waals surface area contributed by atoms with Gasteiger partial charge in [-0.2, -0.15) is 0 Å². The molecule has 0 aromatic heterocycles. The van der Waals surface area contributed by atoms with Crippen LogP contribution in [-0.4, -0.2) is 36.5 Å². The maximum Gasteiger partial charge on any atom is 0.410 e. The number of ether oxygens (including phenoxy) is 1. The fourth-order valence-corrected chi connectivity index (χ4v) is 1.55. The highest BCUT2D eigenvalue weighted by Crippen LogP contribution is 2.55. The van der Waals surface area contributed by atoms with Crippen molar-refractivity contribution in [2.45, 2.75) is 39.2 Å². The van der Waals surface area contributed by atoms with Gasteiger partial charge in [-0.25, -0.2) is 4.79 Å². The molecule has 4 nitrogen and oxygen atoms in total. The standard InChI is InChI=1S/C11H19NO3/c1-8(13)11(3,10(2)6-7-10)15-9(14)12(4)5/h6-7H2,1-5H3/t11-/m0/s1. The van der Waals surface area contributed by atoms with Crippen LogP contribution in [0.4, 0.5) is 4.79 Å². The molecule has 4 heteroatoms. The van der Waals surface area contributed by atoms with Crippen molar-refractivity contribution in [3.05, 3.63) is 0 Å². The van der Waals surface area contributed by atoms with Crippen LogP contribution in [0.2, 0.25) is 0 Å². The summed E-state index contributed by atoms with van der Waals surface area (Å²) in [6, 6.07) is 0. The monoisotopic (exact) mass is 213 g/mol. The Morgan fingerprint density at radius 2 is 1.80 bits per heavy atom. The lowest BCUT2D eigenvalue weighted by Crippen LogP contribution is -2.48. The van der Waals surface area contributed by atoms with Crippen LogP contribution in [0, 0.1) is 5.41 Å². The predicted molar refractivity (Wildman–Crippen MR) is 56.6 cm³/mol. The van der Waals surface area contributed by atoms with E-state index in [1.165, 1.54) is 11.8 Å². The minimum Gasteiger partial charge on any atom is -0.435 e. The van der Waals surface area contributed by atoms with E-state index < -0.39 is 11.7 Å². The Kier molecular flexibility index (Phi) is 2.81. The van der Waals surface area contributed by atoms with Crippen molar-refractivity contribution in [1.82, 2.24) is 4.90 Å². The van der Waals surface area contributed by atoms with E-state index >= 15 is 0 Å². The third-order valence-corrected chi connectivity index (χ3v) is 3.48. The molecule has 0 spiro atoms. The zero-order valence-corrected chi connectivity index (χ0v) is 10.1. The highest BCUT2D eigenvalue weighted by molar-refractivity contribution is 5.88. The summed E-state index contributed by atoms with van der Waals surface area (Å²) >= 11 is 0. The number of carbonyl (C=O) groups excluding carboxylic acids is 2. The first kappa shape index (κ1) is 12.0. The summed E-state index contributed by atoms with van der Waals surface area (Å²) in [5.41, 5.74) is -1.15. The fraction of sp³-hybridized carbons (Fsp3) is 0.818. The van der Waals surface area contributed by atoms with Crippen LogP contribution in [0.5, 0.6) is 0 Å². The normalized spacial score (nSPS) is 21.4. The lowest BCUT2D eigenvalue weighted by molar-refractivity contribution is -0.141. The molecule has 1 atom stereocenters. The van der Waals surface area contributed by atoms with Crippen LogP contribution < -0.4 is 0 Å². The van der Waals surface area contributed by atoms with Crippen LogP contribution in [0.15, 0.2) is 0 Å². The molecule has 0 N–H and O–H groups in total. The minimum absolute atomic E-state index is 0.0855. The lowest BCUT2D eigenvalue weighted by atomic mass is 9.84. The molecule has 0 unspecified atom stereocenters. The summed E-state index contributed by atoms with van der Waals surface area (Å²) in [6.45, 7) is 5.17. The number of rotatable bonds is 3. The molecular weight excluding hydrogens is 194 g/mol. The maximum atomic E-state index is 11.6. The van der Waals surface area contributed by atoms with E-state index in [2.05, 4.69) is 0 Å². The fourth-order valence-electron chi connectivity index (χ4n) is 1.55. The number of Topliss-reactive ketones (excluding diaryl/α,β-unsaturated/α-hetero) is 1. The quantitative estimate of drug-likeness (QED) is 0.718. The van der Waals surface area contributed by atoms with Crippen molar-refractivity contribution in [2.24, 2.45) is 5.41 Å². The van der Waals surface area contributed by atoms with Crippen LogP contribution >= 0.6 is 0 Å². The van der Waals surface area contributed by atoms with Gasteiger partial charge in [0.15, 0.2) is 11.4 Å². The van der Waals surface area contributed by atoms with Gasteiger partial charge in [0.25, 0.3) is 0 Å². The van der Waals surface area contributed by atoms with Gasteiger partial charge >= 0.3 is 6.09 Å². The summed E-state index contributed by atoms with van der Waals surface area (Å²) in [5, 5.41) is 0. The van der Waals surface area contributed by atoms with E-state index in [-0.39, 0.29) is 11.2 Å². The Bertz CT molecular complexity index is 294. The Morgan fingerprint density at radius 3 is 2.07 bits per heavy atom. The van der Waals surface area contributed by atoms with Crippen LogP contribution in [0.1, 0.15) is 33.6 Å². The molecule has 0 aromatic carbocycles. The number of amides is 1. The van der Waals surface area contributed by atoms with E-state index in [0.717, 1.165) is 12.8 Å². The first-order valence-corrected chi connectivity index (χ1v) is 5.14. The maximum absolute atomic E-state index is 11.6. The van der Waals surface area contributed by atoms with E-state index in [1.807, 2.05) is 6.92 Å². The SMILES string of the molecule is CC(=O)[C@](C)(OC(=O)N(C)C)C1(C)CC1. The van der Waals surface area contributed by atoms with Crippen molar-refractivity contribution in [1.29, 1.82) is 0 Å². The zero-order valence-electron chi connectivity index (χ0n) is 10.1. The van der Waals surface area contributed by atoms with Crippen LogP contribution in [0.25, 0.3) is 0 Å². The third-order valence-electron chi connectivity index (χ3n) is 3.48. The molecule has 1 aliphatic carbocycles. The van der Waals surface area contributed by atoms with E-state index in [4.69, 9.17) is 4.74 Å². The van der Waals surface area contributed by atoms with Crippen LogP contribution in [0.3, 0.4) is 0 Å². The second-order valence-electron chi connectivity index (χ2n) is 4.91. The van der Waals surface area contributed by atoms with Gasteiger partial charge in [-0.05, 0) is 26.7 Å². The molecule has 1 rings (SSSR count). The molecule has 0 aliphatic heterocycles. The summed E-state index contributed by atoms with van der Waals surface area (Å²) in [7, 11) is 3.22. The molecule has 1 fully saturated rings. The second kappa shape index (κ2) is 3.51. The van der Waals surface area contributed by atoms with Gasteiger partial charge in [0.1, 0.15) is 0 Å². The van der Waals surface area contributed by atoms with Gasteiger partial charge in [0.05, 0.1) is 0 Å².